The van der Waals surface area contributed by atoms with Crippen molar-refractivity contribution < 1.29 is 9.18 Å². The van der Waals surface area contributed by atoms with Gasteiger partial charge in [-0.2, -0.15) is 0 Å². The van der Waals surface area contributed by atoms with Crippen LogP contribution < -0.4 is 20.9 Å². The summed E-state index contributed by atoms with van der Waals surface area (Å²) in [4.78, 5) is 26.1. The number of anilines is 2. The van der Waals surface area contributed by atoms with Gasteiger partial charge in [0.15, 0.2) is 17.6 Å². The standard InChI is InChI=1S/C18H22FN7O/c1-20-18(23-11-16(27)24-13-4-2-7-21-10-13)25-14-6-9-26(12-14)17-15(19)5-3-8-22-17/h2-5,7-8,10,14H,6,9,11-12H2,1H3,(H,24,27)(H2,20,23,25). The van der Waals surface area contributed by atoms with Crippen LogP contribution in [0, 0.1) is 5.82 Å². The van der Waals surface area contributed by atoms with Crippen LogP contribution in [-0.2, 0) is 4.79 Å². The van der Waals surface area contributed by atoms with Gasteiger partial charge in [0.05, 0.1) is 18.4 Å². The first-order valence-electron chi connectivity index (χ1n) is 8.68. The first-order valence-corrected chi connectivity index (χ1v) is 8.68. The molecule has 0 saturated carbocycles. The Balaban J connectivity index is 1.47. The number of pyridine rings is 2. The largest absolute Gasteiger partial charge is 0.352 e. The highest BCUT2D eigenvalue weighted by atomic mass is 19.1. The number of nitrogens with one attached hydrogen (secondary N) is 3. The molecule has 0 radical (unpaired) electrons. The van der Waals surface area contributed by atoms with Crippen LogP contribution in [0.3, 0.4) is 0 Å². The predicted molar refractivity (Wildman–Crippen MR) is 102 cm³/mol. The molecule has 3 heterocycles. The van der Waals surface area contributed by atoms with Gasteiger partial charge in [-0.3, -0.25) is 14.8 Å². The SMILES string of the molecule is CN=C(NCC(=O)Nc1cccnc1)NC1CCN(c2ncccc2F)C1. The van der Waals surface area contributed by atoms with E-state index >= 15 is 0 Å². The topological polar surface area (TPSA) is 94.5 Å². The molecular weight excluding hydrogens is 349 g/mol. The second-order valence-corrected chi connectivity index (χ2v) is 6.10. The molecule has 0 bridgehead atoms. The van der Waals surface area contributed by atoms with Crippen molar-refractivity contribution in [1.29, 1.82) is 0 Å². The van der Waals surface area contributed by atoms with E-state index in [0.717, 1.165) is 6.42 Å². The number of nitrogens with zero attached hydrogens (tertiary/aromatic N) is 4. The molecule has 142 valence electrons. The van der Waals surface area contributed by atoms with Crippen LogP contribution in [-0.4, -0.2) is 54.6 Å². The molecule has 1 unspecified atom stereocenters. The molecule has 27 heavy (non-hydrogen) atoms. The lowest BCUT2D eigenvalue weighted by Gasteiger charge is -2.19. The molecule has 0 aliphatic carbocycles. The van der Waals surface area contributed by atoms with Crippen molar-refractivity contribution in [2.75, 3.05) is 36.9 Å². The Kier molecular flexibility index (Phi) is 6.14. The van der Waals surface area contributed by atoms with Crippen molar-refractivity contribution in [3.63, 3.8) is 0 Å². The number of carbonyl (C=O) groups is 1. The van der Waals surface area contributed by atoms with Gasteiger partial charge in [-0.1, -0.05) is 0 Å². The zero-order valence-electron chi connectivity index (χ0n) is 15.0. The highest BCUT2D eigenvalue weighted by molar-refractivity contribution is 5.94. The summed E-state index contributed by atoms with van der Waals surface area (Å²) < 4.78 is 13.9. The van der Waals surface area contributed by atoms with E-state index in [2.05, 4.69) is 30.9 Å². The Morgan fingerprint density at radius 1 is 1.37 bits per heavy atom. The van der Waals surface area contributed by atoms with Gasteiger partial charge in [0, 0.05) is 38.6 Å². The van der Waals surface area contributed by atoms with E-state index in [1.807, 2.05) is 4.90 Å². The lowest BCUT2D eigenvalue weighted by atomic mass is 10.3. The van der Waals surface area contributed by atoms with Crippen LogP contribution in [0.1, 0.15) is 6.42 Å². The molecule has 1 atom stereocenters. The molecule has 0 aromatic carbocycles. The Morgan fingerprint density at radius 2 is 2.22 bits per heavy atom. The lowest BCUT2D eigenvalue weighted by molar-refractivity contribution is -0.115. The molecule has 1 amide bonds. The van der Waals surface area contributed by atoms with Crippen molar-refractivity contribution in [2.24, 2.45) is 4.99 Å². The molecular formula is C18H22FN7O. The second-order valence-electron chi connectivity index (χ2n) is 6.10. The molecule has 2 aromatic heterocycles. The fraction of sp³-hybridized carbons (Fsp3) is 0.333. The smallest absolute Gasteiger partial charge is 0.243 e. The maximum atomic E-state index is 13.9. The molecule has 1 aliphatic heterocycles. The Hall–Kier alpha value is -3.23. The van der Waals surface area contributed by atoms with E-state index in [9.17, 15) is 9.18 Å². The molecule has 1 fully saturated rings. The summed E-state index contributed by atoms with van der Waals surface area (Å²) in [7, 11) is 1.64. The maximum absolute atomic E-state index is 13.9. The van der Waals surface area contributed by atoms with Gasteiger partial charge in [0.25, 0.3) is 0 Å². The minimum Gasteiger partial charge on any atom is -0.352 e. The maximum Gasteiger partial charge on any atom is 0.243 e. The summed E-state index contributed by atoms with van der Waals surface area (Å²) in [6, 6.07) is 6.58. The third-order valence-electron chi connectivity index (χ3n) is 4.15. The van der Waals surface area contributed by atoms with Crippen molar-refractivity contribution in [3.05, 3.63) is 48.7 Å². The van der Waals surface area contributed by atoms with E-state index in [1.54, 1.807) is 43.8 Å². The molecule has 1 saturated heterocycles. The summed E-state index contributed by atoms with van der Waals surface area (Å²) in [5.74, 6) is 0.354. The van der Waals surface area contributed by atoms with Crippen molar-refractivity contribution in [1.82, 2.24) is 20.6 Å². The summed E-state index contributed by atoms with van der Waals surface area (Å²) in [5.41, 5.74) is 0.635. The number of carbonyl (C=O) groups excluding carboxylic acids is 1. The van der Waals surface area contributed by atoms with E-state index in [4.69, 9.17) is 0 Å². The van der Waals surface area contributed by atoms with Gasteiger partial charge in [-0.15, -0.1) is 0 Å². The fourth-order valence-corrected chi connectivity index (χ4v) is 2.87. The van der Waals surface area contributed by atoms with Crippen LogP contribution >= 0.6 is 0 Å². The highest BCUT2D eigenvalue weighted by Crippen LogP contribution is 2.20. The highest BCUT2D eigenvalue weighted by Gasteiger charge is 2.26. The molecule has 3 rings (SSSR count). The third-order valence-corrected chi connectivity index (χ3v) is 4.15. The third kappa shape index (κ3) is 5.13. The van der Waals surface area contributed by atoms with E-state index in [-0.39, 0.29) is 24.3 Å². The Labute approximate surface area is 156 Å². The van der Waals surface area contributed by atoms with Crippen LogP contribution in [0.4, 0.5) is 15.9 Å². The predicted octanol–water partition coefficient (Wildman–Crippen LogP) is 0.998. The van der Waals surface area contributed by atoms with E-state index < -0.39 is 0 Å². The molecule has 1 aliphatic rings. The number of hydrogen-bond acceptors (Lipinski definition) is 5. The number of halogens is 1. The average Bonchev–Trinajstić information content (AvgIpc) is 3.14. The number of aliphatic imine (C=N–C) groups is 1. The summed E-state index contributed by atoms with van der Waals surface area (Å²) in [5, 5.41) is 8.98. The molecule has 0 spiro atoms. The van der Waals surface area contributed by atoms with Gasteiger partial charge < -0.3 is 20.9 Å². The molecule has 9 heteroatoms. The minimum atomic E-state index is -0.326. The second kappa shape index (κ2) is 8.93. The van der Waals surface area contributed by atoms with Gasteiger partial charge in [0.1, 0.15) is 0 Å². The van der Waals surface area contributed by atoms with Crippen molar-refractivity contribution in [2.45, 2.75) is 12.5 Å². The monoisotopic (exact) mass is 371 g/mol. The van der Waals surface area contributed by atoms with Crippen molar-refractivity contribution >= 4 is 23.4 Å². The van der Waals surface area contributed by atoms with Crippen LogP contribution in [0.15, 0.2) is 47.8 Å². The summed E-state index contributed by atoms with van der Waals surface area (Å²) in [6.07, 6.45) is 5.62. The molecule has 2 aromatic rings. The Bertz CT molecular complexity index is 799. The Morgan fingerprint density at radius 3 is 2.96 bits per heavy atom. The minimum absolute atomic E-state index is 0.0693. The van der Waals surface area contributed by atoms with E-state index in [1.165, 1.54) is 6.07 Å². The van der Waals surface area contributed by atoms with Crippen LogP contribution in [0.25, 0.3) is 0 Å². The number of amides is 1. The zero-order chi connectivity index (χ0) is 19.1. The fourth-order valence-electron chi connectivity index (χ4n) is 2.87. The summed E-state index contributed by atoms with van der Waals surface area (Å²) >= 11 is 0. The zero-order valence-corrected chi connectivity index (χ0v) is 15.0. The lowest BCUT2D eigenvalue weighted by Crippen LogP contribution is -2.46. The van der Waals surface area contributed by atoms with Crippen LogP contribution in [0.5, 0.6) is 0 Å². The normalized spacial score (nSPS) is 16.9. The van der Waals surface area contributed by atoms with Crippen molar-refractivity contribution in [3.8, 4) is 0 Å². The number of guanidine groups is 1. The first kappa shape index (κ1) is 18.6. The molecule has 3 N–H and O–H groups in total. The van der Waals surface area contributed by atoms with Gasteiger partial charge in [0.2, 0.25) is 5.91 Å². The quantitative estimate of drug-likeness (QED) is 0.536. The van der Waals surface area contributed by atoms with Gasteiger partial charge >= 0.3 is 0 Å². The average molecular weight is 371 g/mol. The first-order chi connectivity index (χ1) is 13.2. The number of rotatable bonds is 5. The number of hydrogen-bond donors (Lipinski definition) is 3. The van der Waals surface area contributed by atoms with Gasteiger partial charge in [-0.25, -0.2) is 9.37 Å². The van der Waals surface area contributed by atoms with E-state index in [0.29, 0.717) is 30.6 Å². The van der Waals surface area contributed by atoms with Crippen LogP contribution in [0.2, 0.25) is 0 Å². The van der Waals surface area contributed by atoms with Gasteiger partial charge in [-0.05, 0) is 30.7 Å². The number of aromatic nitrogens is 2. The summed E-state index contributed by atoms with van der Waals surface area (Å²) in [6.45, 7) is 1.38. The molecule has 8 nitrogen and oxygen atoms in total.